The number of nitriles is 1. The Morgan fingerprint density at radius 3 is 2.86 bits per heavy atom. The van der Waals surface area contributed by atoms with Gasteiger partial charge in [0.15, 0.2) is 0 Å². The Labute approximate surface area is 132 Å². The van der Waals surface area contributed by atoms with Gasteiger partial charge in [0.25, 0.3) is 12.3 Å². The lowest BCUT2D eigenvalue weighted by Crippen LogP contribution is -2.47. The molecule has 0 radical (unpaired) electrons. The molecule has 5 nitrogen and oxygen atoms in total. The summed E-state index contributed by atoms with van der Waals surface area (Å²) in [5, 5.41) is 15.8. The fourth-order valence-corrected chi connectivity index (χ4v) is 3.62. The zero-order valence-corrected chi connectivity index (χ0v) is 13.3. The molecule has 1 amide bonds. The highest BCUT2D eigenvalue weighted by atomic mass is 32.2. The Bertz CT molecular complexity index is 588. The maximum absolute atomic E-state index is 13.3. The number of carbonyl (C=O) groups is 1. The number of halogens is 2. The molecule has 1 aromatic rings. The van der Waals surface area contributed by atoms with Gasteiger partial charge in [-0.1, -0.05) is 13.8 Å². The number of rotatable bonds is 5. The minimum Gasteiger partial charge on any atom is -0.333 e. The molecule has 1 saturated heterocycles. The SMILES string of the molecule is CC(C)Cn1ncc(C(=O)NC2(C#N)CCSC2)c1C(F)F. The van der Waals surface area contributed by atoms with Gasteiger partial charge in [0.1, 0.15) is 11.2 Å². The van der Waals surface area contributed by atoms with Crippen molar-refractivity contribution in [1.29, 1.82) is 5.26 Å². The topological polar surface area (TPSA) is 70.7 Å². The van der Waals surface area contributed by atoms with Gasteiger partial charge in [-0.15, -0.1) is 0 Å². The zero-order valence-electron chi connectivity index (χ0n) is 12.5. The standard InChI is InChI=1S/C14H18F2N4OS/c1-9(2)6-20-11(12(15)16)10(5-18-20)13(21)19-14(7-17)3-4-22-8-14/h5,9,12H,3-4,6,8H2,1-2H3,(H,19,21). The molecule has 0 aliphatic carbocycles. The summed E-state index contributed by atoms with van der Waals surface area (Å²) in [6, 6.07) is 2.10. The molecule has 0 spiro atoms. The van der Waals surface area contributed by atoms with Gasteiger partial charge in [-0.25, -0.2) is 8.78 Å². The lowest BCUT2D eigenvalue weighted by Gasteiger charge is -2.21. The summed E-state index contributed by atoms with van der Waals surface area (Å²) in [5.74, 6) is 0.709. The summed E-state index contributed by atoms with van der Waals surface area (Å²) in [6.07, 6.45) is -1.12. The molecule has 1 unspecified atom stereocenters. The van der Waals surface area contributed by atoms with Crippen LogP contribution in [0.15, 0.2) is 6.20 Å². The monoisotopic (exact) mass is 328 g/mol. The van der Waals surface area contributed by atoms with Crippen LogP contribution in [-0.2, 0) is 6.54 Å². The molecule has 1 aliphatic heterocycles. The molecule has 2 rings (SSSR count). The van der Waals surface area contributed by atoms with Gasteiger partial charge in [0.2, 0.25) is 0 Å². The number of amides is 1. The van der Waals surface area contributed by atoms with Gasteiger partial charge in [0.05, 0.1) is 17.8 Å². The van der Waals surface area contributed by atoms with E-state index in [0.29, 0.717) is 18.7 Å². The smallest absolute Gasteiger partial charge is 0.280 e. The Morgan fingerprint density at radius 2 is 2.36 bits per heavy atom. The van der Waals surface area contributed by atoms with Crippen molar-refractivity contribution in [2.45, 2.75) is 38.8 Å². The Morgan fingerprint density at radius 1 is 1.64 bits per heavy atom. The van der Waals surface area contributed by atoms with E-state index in [0.717, 1.165) is 11.9 Å². The number of hydrogen-bond donors (Lipinski definition) is 1. The van der Waals surface area contributed by atoms with Crippen LogP contribution in [0.2, 0.25) is 0 Å². The summed E-state index contributed by atoms with van der Waals surface area (Å²) in [4.78, 5) is 12.3. The predicted molar refractivity (Wildman–Crippen MR) is 79.8 cm³/mol. The maximum Gasteiger partial charge on any atom is 0.280 e. The van der Waals surface area contributed by atoms with Crippen LogP contribution >= 0.6 is 11.8 Å². The van der Waals surface area contributed by atoms with E-state index in [2.05, 4.69) is 16.5 Å². The highest BCUT2D eigenvalue weighted by molar-refractivity contribution is 7.99. The van der Waals surface area contributed by atoms with Crippen molar-refractivity contribution in [3.8, 4) is 6.07 Å². The molecule has 1 atom stereocenters. The average Bonchev–Trinajstić information content (AvgIpc) is 3.05. The summed E-state index contributed by atoms with van der Waals surface area (Å²) < 4.78 is 27.8. The van der Waals surface area contributed by atoms with Crippen LogP contribution < -0.4 is 5.32 Å². The van der Waals surface area contributed by atoms with E-state index in [4.69, 9.17) is 0 Å². The molecule has 1 aliphatic rings. The van der Waals surface area contributed by atoms with Crippen molar-refractivity contribution < 1.29 is 13.6 Å². The number of nitrogens with zero attached hydrogens (tertiary/aromatic N) is 3. The van der Waals surface area contributed by atoms with Crippen molar-refractivity contribution in [1.82, 2.24) is 15.1 Å². The third kappa shape index (κ3) is 3.40. The molecule has 2 heterocycles. The predicted octanol–water partition coefficient (Wildman–Crippen LogP) is 2.61. The van der Waals surface area contributed by atoms with E-state index in [1.54, 1.807) is 11.8 Å². The molecule has 0 saturated carbocycles. The van der Waals surface area contributed by atoms with E-state index in [1.165, 1.54) is 4.68 Å². The number of carbonyl (C=O) groups excluding carboxylic acids is 1. The fourth-order valence-electron chi connectivity index (χ4n) is 2.36. The van der Waals surface area contributed by atoms with E-state index in [1.807, 2.05) is 13.8 Å². The summed E-state index contributed by atoms with van der Waals surface area (Å²) in [6.45, 7) is 4.08. The van der Waals surface area contributed by atoms with Crippen molar-refractivity contribution in [3.05, 3.63) is 17.5 Å². The zero-order chi connectivity index (χ0) is 16.3. The van der Waals surface area contributed by atoms with E-state index in [-0.39, 0.29) is 17.2 Å². The normalized spacial score (nSPS) is 21.3. The van der Waals surface area contributed by atoms with Gasteiger partial charge in [0, 0.05) is 12.3 Å². The molecular weight excluding hydrogens is 310 g/mol. The Balaban J connectivity index is 2.26. The van der Waals surface area contributed by atoms with E-state index >= 15 is 0 Å². The molecule has 0 aromatic carbocycles. The highest BCUT2D eigenvalue weighted by Crippen LogP contribution is 2.29. The quantitative estimate of drug-likeness (QED) is 0.902. The molecular formula is C14H18F2N4OS. The third-order valence-electron chi connectivity index (χ3n) is 3.46. The minimum absolute atomic E-state index is 0.130. The number of alkyl halides is 2. The number of aromatic nitrogens is 2. The molecule has 1 fully saturated rings. The van der Waals surface area contributed by atoms with Crippen molar-refractivity contribution in [2.75, 3.05) is 11.5 Å². The average molecular weight is 328 g/mol. The first-order chi connectivity index (χ1) is 10.4. The summed E-state index contributed by atoms with van der Waals surface area (Å²) >= 11 is 1.56. The Hall–Kier alpha value is -1.62. The molecule has 8 heteroatoms. The Kier molecular flexibility index (Phi) is 5.06. The van der Waals surface area contributed by atoms with Gasteiger partial charge in [-0.05, 0) is 18.1 Å². The lowest BCUT2D eigenvalue weighted by atomic mass is 10.0. The largest absolute Gasteiger partial charge is 0.333 e. The van der Waals surface area contributed by atoms with Crippen molar-refractivity contribution in [2.24, 2.45) is 5.92 Å². The van der Waals surface area contributed by atoms with Crippen LogP contribution in [0.25, 0.3) is 0 Å². The molecule has 1 aromatic heterocycles. The molecule has 22 heavy (non-hydrogen) atoms. The highest BCUT2D eigenvalue weighted by Gasteiger charge is 2.37. The maximum atomic E-state index is 13.3. The van der Waals surface area contributed by atoms with Gasteiger partial charge >= 0.3 is 0 Å². The second-order valence-corrected chi connectivity index (χ2v) is 6.88. The van der Waals surface area contributed by atoms with Crippen LogP contribution in [0.3, 0.4) is 0 Å². The fraction of sp³-hybridized carbons (Fsp3) is 0.643. The van der Waals surface area contributed by atoms with E-state index in [9.17, 15) is 18.8 Å². The van der Waals surface area contributed by atoms with Crippen molar-refractivity contribution in [3.63, 3.8) is 0 Å². The third-order valence-corrected chi connectivity index (χ3v) is 4.65. The van der Waals surface area contributed by atoms with Crippen molar-refractivity contribution >= 4 is 17.7 Å². The molecule has 1 N–H and O–H groups in total. The van der Waals surface area contributed by atoms with E-state index < -0.39 is 17.9 Å². The van der Waals surface area contributed by atoms with Crippen LogP contribution in [-0.4, -0.2) is 32.7 Å². The molecule has 120 valence electrons. The summed E-state index contributed by atoms with van der Waals surface area (Å²) in [5.41, 5.74) is -1.51. The number of nitrogens with one attached hydrogen (secondary N) is 1. The van der Waals surface area contributed by atoms with Gasteiger partial charge < -0.3 is 5.32 Å². The van der Waals surface area contributed by atoms with Gasteiger partial charge in [-0.2, -0.15) is 22.1 Å². The van der Waals surface area contributed by atoms with Gasteiger partial charge in [-0.3, -0.25) is 9.48 Å². The van der Waals surface area contributed by atoms with Crippen LogP contribution in [0.1, 0.15) is 42.7 Å². The number of thioether (sulfide) groups is 1. The van der Waals surface area contributed by atoms with Crippen LogP contribution in [0.4, 0.5) is 8.78 Å². The first-order valence-corrected chi connectivity index (χ1v) is 8.19. The first kappa shape index (κ1) is 16.7. The second-order valence-electron chi connectivity index (χ2n) is 5.77. The summed E-state index contributed by atoms with van der Waals surface area (Å²) in [7, 11) is 0. The minimum atomic E-state index is -2.79. The lowest BCUT2D eigenvalue weighted by molar-refractivity contribution is 0.0908. The van der Waals surface area contributed by atoms with Crippen LogP contribution in [0, 0.1) is 17.2 Å². The molecule has 0 bridgehead atoms. The van der Waals surface area contributed by atoms with Crippen LogP contribution in [0.5, 0.6) is 0 Å². The second kappa shape index (κ2) is 6.65. The number of hydrogen-bond acceptors (Lipinski definition) is 4. The first-order valence-electron chi connectivity index (χ1n) is 7.04.